The highest BCUT2D eigenvalue weighted by Gasteiger charge is 2.28. The third kappa shape index (κ3) is 3.75. The van der Waals surface area contributed by atoms with Crippen LogP contribution in [0.3, 0.4) is 0 Å². The van der Waals surface area contributed by atoms with Crippen LogP contribution < -0.4 is 4.74 Å². The number of rotatable bonds is 4. The van der Waals surface area contributed by atoms with E-state index in [0.29, 0.717) is 5.56 Å². The number of ether oxygens (including phenoxy) is 1. The van der Waals surface area contributed by atoms with Gasteiger partial charge < -0.3 is 4.74 Å². The number of hydrogen-bond acceptors (Lipinski definition) is 4. The van der Waals surface area contributed by atoms with Gasteiger partial charge in [0.1, 0.15) is 12.4 Å². The predicted molar refractivity (Wildman–Crippen MR) is 82.3 cm³/mol. The van der Waals surface area contributed by atoms with E-state index in [0.717, 1.165) is 31.5 Å². The van der Waals surface area contributed by atoms with Crippen LogP contribution in [0.4, 0.5) is 0 Å². The minimum Gasteiger partial charge on any atom is -0.492 e. The lowest BCUT2D eigenvalue weighted by Gasteiger charge is -2.44. The van der Waals surface area contributed by atoms with Crippen molar-refractivity contribution in [3.63, 3.8) is 0 Å². The van der Waals surface area contributed by atoms with Crippen LogP contribution >= 0.6 is 0 Å². The monoisotopic (exact) mass is 285 g/mol. The van der Waals surface area contributed by atoms with Crippen molar-refractivity contribution < 1.29 is 4.74 Å². The van der Waals surface area contributed by atoms with Gasteiger partial charge in [-0.15, -0.1) is 0 Å². The highest BCUT2D eigenvalue weighted by Crippen LogP contribution is 2.21. The molecule has 0 saturated carbocycles. The highest BCUT2D eigenvalue weighted by molar-refractivity contribution is 5.34. The second-order valence-electron chi connectivity index (χ2n) is 5.97. The molecule has 2 fully saturated rings. The van der Waals surface area contributed by atoms with Crippen LogP contribution in [0.2, 0.25) is 0 Å². The summed E-state index contributed by atoms with van der Waals surface area (Å²) in [7, 11) is 0. The summed E-state index contributed by atoms with van der Waals surface area (Å²) >= 11 is 0. The van der Waals surface area contributed by atoms with Gasteiger partial charge in [-0.25, -0.2) is 0 Å². The smallest absolute Gasteiger partial charge is 0.119 e. The molecule has 3 rings (SSSR count). The van der Waals surface area contributed by atoms with Crippen molar-refractivity contribution in [3.05, 3.63) is 29.8 Å². The van der Waals surface area contributed by atoms with Crippen molar-refractivity contribution >= 4 is 0 Å². The summed E-state index contributed by atoms with van der Waals surface area (Å²) < 4.78 is 5.78. The van der Waals surface area contributed by atoms with Gasteiger partial charge >= 0.3 is 0 Å². The standard InChI is InChI=1S/C17H23N3O/c18-13-15-4-6-17(7-5-15)21-12-11-19-9-10-20-8-2-1-3-16(20)14-19/h4-7,16H,1-3,8-12,14H2. The summed E-state index contributed by atoms with van der Waals surface area (Å²) in [6.07, 6.45) is 4.11. The Morgan fingerprint density at radius 3 is 2.81 bits per heavy atom. The zero-order chi connectivity index (χ0) is 14.5. The Labute approximate surface area is 126 Å². The molecule has 0 radical (unpaired) electrons. The minimum atomic E-state index is 0.677. The second kappa shape index (κ2) is 6.93. The first-order valence-corrected chi connectivity index (χ1v) is 7.94. The maximum absolute atomic E-state index is 8.77. The zero-order valence-electron chi connectivity index (χ0n) is 12.5. The normalized spacial score (nSPS) is 23.3. The molecule has 0 bridgehead atoms. The molecule has 1 aromatic carbocycles. The molecule has 2 aliphatic rings. The zero-order valence-corrected chi connectivity index (χ0v) is 12.5. The Morgan fingerprint density at radius 2 is 2.00 bits per heavy atom. The number of hydrogen-bond donors (Lipinski definition) is 0. The molecule has 1 unspecified atom stereocenters. The van der Waals surface area contributed by atoms with Crippen LogP contribution in [0.1, 0.15) is 24.8 Å². The lowest BCUT2D eigenvalue weighted by molar-refractivity contribution is 0.0432. The maximum Gasteiger partial charge on any atom is 0.119 e. The van der Waals surface area contributed by atoms with Gasteiger partial charge in [0, 0.05) is 32.2 Å². The van der Waals surface area contributed by atoms with Gasteiger partial charge in [-0.2, -0.15) is 5.26 Å². The summed E-state index contributed by atoms with van der Waals surface area (Å²) in [5, 5.41) is 8.77. The molecule has 0 amide bonds. The van der Waals surface area contributed by atoms with Crippen molar-refractivity contribution in [1.82, 2.24) is 9.80 Å². The molecular weight excluding hydrogens is 262 g/mol. The number of nitriles is 1. The van der Waals surface area contributed by atoms with Crippen LogP contribution in [-0.2, 0) is 0 Å². The Hall–Kier alpha value is -1.57. The quantitative estimate of drug-likeness (QED) is 0.849. The van der Waals surface area contributed by atoms with Gasteiger partial charge in [0.2, 0.25) is 0 Å². The van der Waals surface area contributed by atoms with E-state index in [4.69, 9.17) is 10.00 Å². The molecule has 2 saturated heterocycles. The van der Waals surface area contributed by atoms with Crippen LogP contribution in [-0.4, -0.2) is 55.2 Å². The topological polar surface area (TPSA) is 39.5 Å². The predicted octanol–water partition coefficient (Wildman–Crippen LogP) is 2.11. The van der Waals surface area contributed by atoms with E-state index in [1.54, 1.807) is 12.1 Å². The summed E-state index contributed by atoms with van der Waals surface area (Å²) in [4.78, 5) is 5.18. The van der Waals surface area contributed by atoms with Crippen molar-refractivity contribution in [2.75, 3.05) is 39.3 Å². The molecule has 0 aliphatic carbocycles. The van der Waals surface area contributed by atoms with Gasteiger partial charge in [-0.05, 0) is 43.7 Å². The molecule has 0 N–H and O–H groups in total. The number of benzene rings is 1. The molecule has 112 valence electrons. The molecule has 0 aromatic heterocycles. The Morgan fingerprint density at radius 1 is 1.14 bits per heavy atom. The van der Waals surface area contributed by atoms with Crippen LogP contribution in [0.25, 0.3) is 0 Å². The third-order valence-corrected chi connectivity index (χ3v) is 4.58. The molecule has 21 heavy (non-hydrogen) atoms. The number of piperidine rings is 1. The number of piperazine rings is 1. The van der Waals surface area contributed by atoms with Crippen LogP contribution in [0, 0.1) is 11.3 Å². The molecule has 0 spiro atoms. The fourth-order valence-electron chi connectivity index (χ4n) is 3.34. The van der Waals surface area contributed by atoms with Gasteiger partial charge in [-0.1, -0.05) is 6.42 Å². The van der Waals surface area contributed by atoms with Crippen molar-refractivity contribution in [2.24, 2.45) is 0 Å². The van der Waals surface area contributed by atoms with Gasteiger partial charge in [0.25, 0.3) is 0 Å². The highest BCUT2D eigenvalue weighted by atomic mass is 16.5. The second-order valence-corrected chi connectivity index (χ2v) is 5.97. The minimum absolute atomic E-state index is 0.677. The molecule has 2 heterocycles. The van der Waals surface area contributed by atoms with Gasteiger partial charge in [-0.3, -0.25) is 9.80 Å². The first kappa shape index (κ1) is 14.4. The summed E-state index contributed by atoms with van der Waals surface area (Å²) in [5.74, 6) is 0.852. The van der Waals surface area contributed by atoms with E-state index < -0.39 is 0 Å². The van der Waals surface area contributed by atoms with Crippen molar-refractivity contribution in [1.29, 1.82) is 5.26 Å². The molecule has 1 atom stereocenters. The van der Waals surface area contributed by atoms with Crippen LogP contribution in [0.5, 0.6) is 5.75 Å². The summed E-state index contributed by atoms with van der Waals surface area (Å²) in [6.45, 7) is 6.56. The van der Waals surface area contributed by atoms with E-state index in [1.165, 1.54) is 38.9 Å². The summed E-state index contributed by atoms with van der Waals surface area (Å²) in [5.41, 5.74) is 0.677. The van der Waals surface area contributed by atoms with Gasteiger partial charge in [0.05, 0.1) is 11.6 Å². The van der Waals surface area contributed by atoms with E-state index in [2.05, 4.69) is 15.9 Å². The Kier molecular flexibility index (Phi) is 4.74. The molecule has 4 heteroatoms. The number of nitrogens with zero attached hydrogens (tertiary/aromatic N) is 3. The summed E-state index contributed by atoms with van der Waals surface area (Å²) in [6, 6.07) is 10.2. The fourth-order valence-corrected chi connectivity index (χ4v) is 3.34. The first-order chi connectivity index (χ1) is 10.3. The van der Waals surface area contributed by atoms with E-state index in [9.17, 15) is 0 Å². The maximum atomic E-state index is 8.77. The Bertz CT molecular complexity index is 494. The Balaban J connectivity index is 1.42. The molecule has 1 aromatic rings. The van der Waals surface area contributed by atoms with Crippen LogP contribution in [0.15, 0.2) is 24.3 Å². The first-order valence-electron chi connectivity index (χ1n) is 7.94. The SMILES string of the molecule is N#Cc1ccc(OCCN2CCN3CCCCC3C2)cc1. The average molecular weight is 285 g/mol. The van der Waals surface area contributed by atoms with E-state index >= 15 is 0 Å². The molecule has 2 aliphatic heterocycles. The van der Waals surface area contributed by atoms with Crippen molar-refractivity contribution in [3.8, 4) is 11.8 Å². The molecule has 4 nitrogen and oxygen atoms in total. The average Bonchev–Trinajstić information content (AvgIpc) is 2.55. The lowest BCUT2D eigenvalue weighted by atomic mass is 9.99. The largest absolute Gasteiger partial charge is 0.492 e. The lowest BCUT2D eigenvalue weighted by Crippen LogP contribution is -2.55. The van der Waals surface area contributed by atoms with Crippen molar-refractivity contribution in [2.45, 2.75) is 25.3 Å². The third-order valence-electron chi connectivity index (χ3n) is 4.58. The van der Waals surface area contributed by atoms with E-state index in [-0.39, 0.29) is 0 Å². The molecular formula is C17H23N3O. The van der Waals surface area contributed by atoms with E-state index in [1.807, 2.05) is 12.1 Å². The van der Waals surface area contributed by atoms with Gasteiger partial charge in [0.15, 0.2) is 0 Å². The number of fused-ring (bicyclic) bond motifs is 1. The fraction of sp³-hybridized carbons (Fsp3) is 0.588.